The molecule has 0 fully saturated rings. The third kappa shape index (κ3) is 12.2. The smallest absolute Gasteiger partial charge is 0.164 e. The van der Waals surface area contributed by atoms with Gasteiger partial charge in [-0.1, -0.05) is 352 Å². The molecule has 0 radical (unpaired) electrons. The average Bonchev–Trinajstić information content (AvgIpc) is 1.51. The van der Waals surface area contributed by atoms with Gasteiger partial charge in [-0.15, -0.1) is 0 Å². The normalized spacial score (nSPS) is 12.0. The zero-order valence-electron chi connectivity index (χ0n) is 72.6. The van der Waals surface area contributed by atoms with Gasteiger partial charge in [0.2, 0.25) is 0 Å². The molecule has 29 aromatic rings. The molecule has 0 aliphatic rings. The zero-order chi connectivity index (χ0) is 89.2. The lowest BCUT2D eigenvalue weighted by molar-refractivity contribution is 0.668. The van der Waals surface area contributed by atoms with Crippen LogP contribution >= 0.6 is 0 Å². The summed E-state index contributed by atoms with van der Waals surface area (Å²) in [5, 5.41) is 26.4. The number of para-hydroxylation sites is 8. The summed E-state index contributed by atoms with van der Waals surface area (Å²) in [4.78, 5) is 42.3. The number of aromatic nitrogens is 8. The van der Waals surface area contributed by atoms with Crippen molar-refractivity contribution < 1.29 is 17.7 Å². The summed E-state index contributed by atoms with van der Waals surface area (Å²) in [6.45, 7) is 0. The van der Waals surface area contributed by atoms with E-state index in [2.05, 4.69) is 315 Å². The van der Waals surface area contributed by atoms with Crippen molar-refractivity contribution in [2.75, 3.05) is 0 Å². The first kappa shape index (κ1) is 76.4. The molecule has 0 aliphatic carbocycles. The highest BCUT2D eigenvalue weighted by Gasteiger charge is 2.29. The maximum atomic E-state index is 6.79. The fourth-order valence-corrected chi connectivity index (χ4v) is 21.1. The van der Waals surface area contributed by atoms with Gasteiger partial charge >= 0.3 is 0 Å². The fraction of sp³-hybridized carbons (Fsp3) is 0. The minimum Gasteiger partial charge on any atom is -0.456 e. The highest BCUT2D eigenvalue weighted by Crippen LogP contribution is 2.53. The summed E-state index contributed by atoms with van der Waals surface area (Å²) in [6, 6.07) is 147. The Bertz CT molecular complexity index is 10100. The standard InChI is InChI=1S/C64H36N4O2.C60H34N4O2/c1-2-16-37(17-3-1)62-66-63(68-64(67-62)40-32-33-45-43-22-5-4-20-41(43)42-21-6-7-23-44(42)51(45)35-40)39-19-14-18-38(34-39)60-52-36-56-58(49-26-10-13-31-55(49)69-56)59(57(52)48-25-8-11-29-53(48)65-60)50-28-15-27-47-46-24-9-12-30-54(46)70-61(47)50;1-2-16-35(17-3-1)58-62-59(64-60(63-58)47-33-36-18-4-5-21-39(36)40-22-6-7-23-41(40)47)38-20-14-19-37(32-38)56-48-34-52-54(45-26-10-13-31-51(45)65-52)55(53(48)44-25-8-11-29-49(44)61-56)46-28-15-27-43-42-24-9-12-30-50(42)66-57(43)46/h1-36H;1-34H. The van der Waals surface area contributed by atoms with Crippen LogP contribution in [0.2, 0.25) is 0 Å². The first-order chi connectivity index (χ1) is 67.4. The van der Waals surface area contributed by atoms with E-state index in [0.29, 0.717) is 34.9 Å². The van der Waals surface area contributed by atoms with Crippen LogP contribution in [0, 0.1) is 0 Å². The van der Waals surface area contributed by atoms with Crippen molar-refractivity contribution in [3.8, 4) is 113 Å². The first-order valence-electron chi connectivity index (χ1n) is 45.7. The molecule has 21 aromatic carbocycles. The number of hydrogen-bond donors (Lipinski definition) is 0. The van der Waals surface area contributed by atoms with E-state index in [1.54, 1.807) is 0 Å². The molecule has 8 aromatic heterocycles. The second-order valence-electron chi connectivity index (χ2n) is 34.9. The van der Waals surface area contributed by atoms with E-state index in [-0.39, 0.29) is 0 Å². The van der Waals surface area contributed by atoms with Crippen LogP contribution in [0.25, 0.3) is 298 Å². The summed E-state index contributed by atoms with van der Waals surface area (Å²) in [7, 11) is 0. The maximum Gasteiger partial charge on any atom is 0.164 e. The monoisotopic (exact) mass is 1730 g/mol. The molecule has 0 amide bonds. The summed E-state index contributed by atoms with van der Waals surface area (Å²) >= 11 is 0. The van der Waals surface area contributed by atoms with Crippen molar-refractivity contribution in [2.45, 2.75) is 0 Å². The Morgan fingerprint density at radius 1 is 0.147 bits per heavy atom. The molecule has 0 unspecified atom stereocenters. The Morgan fingerprint density at radius 2 is 0.471 bits per heavy atom. The molecule has 0 N–H and O–H groups in total. The fourth-order valence-electron chi connectivity index (χ4n) is 21.1. The van der Waals surface area contributed by atoms with Gasteiger partial charge in [-0.2, -0.15) is 0 Å². The largest absolute Gasteiger partial charge is 0.456 e. The van der Waals surface area contributed by atoms with E-state index in [0.717, 1.165) is 231 Å². The third-order valence-corrected chi connectivity index (χ3v) is 27.1. The van der Waals surface area contributed by atoms with Gasteiger partial charge in [-0.25, -0.2) is 39.9 Å². The van der Waals surface area contributed by atoms with Crippen molar-refractivity contribution in [3.63, 3.8) is 0 Å². The predicted octanol–water partition coefficient (Wildman–Crippen LogP) is 33.2. The molecule has 0 aliphatic heterocycles. The van der Waals surface area contributed by atoms with Crippen LogP contribution in [0.4, 0.5) is 0 Å². The summed E-state index contributed by atoms with van der Waals surface area (Å²) in [5.74, 6) is 3.54. The summed E-state index contributed by atoms with van der Waals surface area (Å²) in [6.07, 6.45) is 0. The Labute approximate surface area is 775 Å². The molecule has 0 saturated carbocycles. The lowest BCUT2D eigenvalue weighted by Gasteiger charge is -2.16. The molecule has 0 bridgehead atoms. The number of pyridine rings is 2. The van der Waals surface area contributed by atoms with Crippen LogP contribution < -0.4 is 0 Å². The van der Waals surface area contributed by atoms with Gasteiger partial charge < -0.3 is 17.7 Å². The van der Waals surface area contributed by atoms with Gasteiger partial charge in [0.25, 0.3) is 0 Å². The van der Waals surface area contributed by atoms with Crippen molar-refractivity contribution in [3.05, 3.63) is 425 Å². The number of furan rings is 4. The number of nitrogens with zero attached hydrogens (tertiary/aromatic N) is 8. The molecule has 8 heterocycles. The first-order valence-corrected chi connectivity index (χ1v) is 45.7. The van der Waals surface area contributed by atoms with Crippen LogP contribution in [-0.2, 0) is 0 Å². The molecule has 12 heteroatoms. The number of benzene rings is 21. The maximum absolute atomic E-state index is 6.79. The SMILES string of the molecule is c1ccc(-c2nc(-c3cccc(-c4nc5ccccc5c5c(-c6cccc7c6oc6ccccc67)c6c(cc45)oc4ccccc46)c3)nc(-c3cc4ccccc4c4ccccc34)n2)cc1.c1ccc(-c2nc(-c3cccc(-c4nc5ccccc5c5c(-c6cccc7c6oc6ccccc67)c6c(cc45)oc4ccccc46)c3)nc(-c3ccc4c5ccccc5c5ccccc5c4c3)n2)cc1. The Hall–Kier alpha value is -18.5. The average molecular weight is 1740 g/mol. The third-order valence-electron chi connectivity index (χ3n) is 27.1. The van der Waals surface area contributed by atoms with E-state index in [1.807, 2.05) is 109 Å². The van der Waals surface area contributed by atoms with Gasteiger partial charge in [-0.3, -0.25) is 0 Å². The quantitative estimate of drug-likeness (QED) is 0.120. The van der Waals surface area contributed by atoms with Gasteiger partial charge in [0.05, 0.1) is 22.4 Å². The van der Waals surface area contributed by atoms with Gasteiger partial charge in [0.1, 0.15) is 44.7 Å². The van der Waals surface area contributed by atoms with Gasteiger partial charge in [-0.05, 0) is 127 Å². The topological polar surface area (TPSA) is 156 Å². The Balaban J connectivity index is 0.000000135. The van der Waals surface area contributed by atoms with E-state index in [9.17, 15) is 0 Å². The molecule has 12 nitrogen and oxygen atoms in total. The van der Waals surface area contributed by atoms with Crippen molar-refractivity contribution >= 4 is 185 Å². The zero-order valence-corrected chi connectivity index (χ0v) is 72.6. The lowest BCUT2D eigenvalue weighted by Crippen LogP contribution is -2.01. The lowest BCUT2D eigenvalue weighted by atomic mass is 9.88. The molecular weight excluding hydrogens is 1670 g/mol. The minimum absolute atomic E-state index is 0.566. The highest BCUT2D eigenvalue weighted by molar-refractivity contribution is 6.33. The highest BCUT2D eigenvalue weighted by atomic mass is 16.3. The summed E-state index contributed by atoms with van der Waals surface area (Å²) in [5.41, 5.74) is 21.3. The van der Waals surface area contributed by atoms with Crippen molar-refractivity contribution in [2.24, 2.45) is 0 Å². The predicted molar refractivity (Wildman–Crippen MR) is 556 cm³/mol. The second-order valence-corrected chi connectivity index (χ2v) is 34.9. The van der Waals surface area contributed by atoms with E-state index >= 15 is 0 Å². The van der Waals surface area contributed by atoms with E-state index in [1.165, 1.54) is 32.3 Å². The summed E-state index contributed by atoms with van der Waals surface area (Å²) < 4.78 is 27.1. The number of fused-ring (bicyclic) bond motifs is 27. The Morgan fingerprint density at radius 3 is 0.941 bits per heavy atom. The molecule has 136 heavy (non-hydrogen) atoms. The molecule has 0 saturated heterocycles. The number of hydrogen-bond acceptors (Lipinski definition) is 12. The van der Waals surface area contributed by atoms with Gasteiger partial charge in [0, 0.05) is 142 Å². The van der Waals surface area contributed by atoms with Crippen LogP contribution in [0.5, 0.6) is 0 Å². The molecule has 0 atom stereocenters. The molecular formula is C124H70N8O4. The molecule has 630 valence electrons. The van der Waals surface area contributed by atoms with Crippen molar-refractivity contribution in [1.29, 1.82) is 0 Å². The van der Waals surface area contributed by atoms with E-state index in [4.69, 9.17) is 57.5 Å². The second kappa shape index (κ2) is 30.6. The van der Waals surface area contributed by atoms with Crippen molar-refractivity contribution in [1.82, 2.24) is 39.9 Å². The van der Waals surface area contributed by atoms with Crippen LogP contribution in [-0.4, -0.2) is 39.9 Å². The van der Waals surface area contributed by atoms with Crippen LogP contribution in [0.15, 0.2) is 442 Å². The van der Waals surface area contributed by atoms with Crippen LogP contribution in [0.3, 0.4) is 0 Å². The van der Waals surface area contributed by atoms with E-state index < -0.39 is 0 Å². The van der Waals surface area contributed by atoms with Crippen LogP contribution in [0.1, 0.15) is 0 Å². The number of rotatable bonds is 10. The molecule has 0 spiro atoms. The molecule has 29 rings (SSSR count). The minimum atomic E-state index is 0.566. The Kier molecular flexibility index (Phi) is 17.2. The van der Waals surface area contributed by atoms with Gasteiger partial charge in [0.15, 0.2) is 34.9 Å².